The molecule has 0 bridgehead atoms. The van der Waals surface area contributed by atoms with Crippen LogP contribution in [0.15, 0.2) is 0 Å². The zero-order chi connectivity index (χ0) is 18.9. The molecule has 0 spiro atoms. The van der Waals surface area contributed by atoms with E-state index in [9.17, 15) is 5.11 Å². The highest BCUT2D eigenvalue weighted by atomic mass is 127. The molecule has 2 saturated carbocycles. The van der Waals surface area contributed by atoms with E-state index in [0.717, 1.165) is 30.6 Å². The molecule has 2 fully saturated rings. The fourth-order valence-corrected chi connectivity index (χ4v) is 5.80. The molecule has 0 atom stereocenters. The van der Waals surface area contributed by atoms with Gasteiger partial charge < -0.3 is 5.11 Å². The Morgan fingerprint density at radius 3 is 2.00 bits per heavy atom. The van der Waals surface area contributed by atoms with Gasteiger partial charge in [0.2, 0.25) is 0 Å². The average Bonchev–Trinajstić information content (AvgIpc) is 2.61. The van der Waals surface area contributed by atoms with Crippen LogP contribution < -0.4 is 0 Å². The number of hydrogen-bond acceptors (Lipinski definition) is 2. The molecule has 0 aromatic rings. The van der Waals surface area contributed by atoms with E-state index in [1.54, 1.807) is 0 Å². The van der Waals surface area contributed by atoms with Crippen LogP contribution in [0.25, 0.3) is 0 Å². The molecule has 2 aliphatic rings. The van der Waals surface area contributed by atoms with Crippen molar-refractivity contribution >= 4 is 40.2 Å². The molecule has 1 nitrogen and oxygen atoms in total. The van der Waals surface area contributed by atoms with Gasteiger partial charge in [-0.2, -0.15) is 10.0 Å². The van der Waals surface area contributed by atoms with Crippen LogP contribution in [0.4, 0.5) is 0 Å². The molecule has 148 valence electrons. The van der Waals surface area contributed by atoms with E-state index in [1.807, 2.05) is 22.8 Å². The van der Waals surface area contributed by atoms with Gasteiger partial charge in [0.1, 0.15) is 5.60 Å². The molecule has 1 N–H and O–H groups in total. The van der Waals surface area contributed by atoms with Crippen molar-refractivity contribution < 1.29 is 5.11 Å². The van der Waals surface area contributed by atoms with Crippen LogP contribution in [0, 0.1) is 28.9 Å². The van der Waals surface area contributed by atoms with Crippen molar-refractivity contribution in [3.63, 3.8) is 0 Å². The fourth-order valence-electron chi connectivity index (χ4n) is 4.12. The van der Waals surface area contributed by atoms with Crippen molar-refractivity contribution in [2.75, 3.05) is 24.5 Å². The van der Waals surface area contributed by atoms with E-state index in [2.05, 4.69) is 51.1 Å². The summed E-state index contributed by atoms with van der Waals surface area (Å²) in [5.41, 5.74) is -0.689. The summed E-state index contributed by atoms with van der Waals surface area (Å²) in [6, 6.07) is 0. The minimum Gasteiger partial charge on any atom is -0.378 e. The summed E-state index contributed by atoms with van der Waals surface area (Å²) < 4.78 is 0. The van der Waals surface area contributed by atoms with Crippen LogP contribution in [-0.4, -0.2) is 35.2 Å². The highest BCUT2D eigenvalue weighted by Gasteiger charge is 2.36. The van der Waals surface area contributed by atoms with Gasteiger partial charge in [0.25, 0.3) is 0 Å². The predicted octanol–water partition coefficient (Wildman–Crippen LogP) is 6.87. The van der Waals surface area contributed by atoms with E-state index >= 15 is 0 Å². The second-order valence-electron chi connectivity index (χ2n) is 8.32. The molecule has 0 heterocycles. The highest BCUT2D eigenvalue weighted by Crippen LogP contribution is 2.43. The maximum atomic E-state index is 10.7. The molecule has 0 unspecified atom stereocenters. The molecule has 2 rings (SSSR count). The Morgan fingerprint density at radius 1 is 1.00 bits per heavy atom. The van der Waals surface area contributed by atoms with E-state index in [1.165, 1.54) is 50.7 Å². The summed E-state index contributed by atoms with van der Waals surface area (Å²) in [7, 11) is 1.13. The first-order chi connectivity index (χ1) is 11.8. The molecular formula is C21H39IOS2. The minimum atomic E-state index is -0.833. The summed E-state index contributed by atoms with van der Waals surface area (Å²) in [5.74, 6) is 7.30. The molecule has 2 aliphatic carbocycles. The van der Waals surface area contributed by atoms with Crippen molar-refractivity contribution in [3.05, 3.63) is 0 Å². The largest absolute Gasteiger partial charge is 0.378 e. The molecule has 25 heavy (non-hydrogen) atoms. The molecule has 0 radical (unpaired) electrons. The smallest absolute Gasteiger partial charge is 0.126 e. The summed E-state index contributed by atoms with van der Waals surface area (Å²) in [4.78, 5) is 0. The van der Waals surface area contributed by atoms with Crippen LogP contribution in [0.5, 0.6) is 0 Å². The van der Waals surface area contributed by atoms with Gasteiger partial charge in [-0.3, -0.25) is 0 Å². The molecule has 0 saturated heterocycles. The van der Waals surface area contributed by atoms with E-state index in [-0.39, 0.29) is 0 Å². The van der Waals surface area contributed by atoms with E-state index < -0.39 is 15.6 Å². The van der Waals surface area contributed by atoms with Gasteiger partial charge in [0, 0.05) is 5.75 Å². The molecule has 4 heteroatoms. The highest BCUT2D eigenvalue weighted by molar-refractivity contribution is 14.2. The van der Waals surface area contributed by atoms with Crippen LogP contribution >= 0.6 is 40.2 Å². The number of aliphatic hydroxyl groups is 1. The Bertz CT molecular complexity index is 419. The predicted molar refractivity (Wildman–Crippen MR) is 128 cm³/mol. The van der Waals surface area contributed by atoms with E-state index in [4.69, 9.17) is 0 Å². The second kappa shape index (κ2) is 11.7. The Labute approximate surface area is 175 Å². The lowest BCUT2D eigenvalue weighted by atomic mass is 9.68. The van der Waals surface area contributed by atoms with Gasteiger partial charge in [-0.15, -0.1) is 0 Å². The maximum Gasteiger partial charge on any atom is 0.126 e. The molecule has 0 amide bonds. The third kappa shape index (κ3) is 9.12. The van der Waals surface area contributed by atoms with Gasteiger partial charge in [-0.25, -0.2) is 0 Å². The molecule has 0 aromatic heterocycles. The first-order valence-corrected chi connectivity index (χ1v) is 16.4. The van der Waals surface area contributed by atoms with Gasteiger partial charge >= 0.3 is 0 Å². The molecular weight excluding hydrogens is 459 g/mol. The Balaban J connectivity index is 0.00000151. The van der Waals surface area contributed by atoms with Crippen molar-refractivity contribution in [2.24, 2.45) is 17.8 Å². The quantitative estimate of drug-likeness (QED) is 0.337. The monoisotopic (exact) mass is 498 g/mol. The van der Waals surface area contributed by atoms with Crippen molar-refractivity contribution in [1.29, 1.82) is 0 Å². The van der Waals surface area contributed by atoms with Crippen LogP contribution in [0.1, 0.15) is 71.6 Å². The normalized spacial score (nSPS) is 33.5. The van der Waals surface area contributed by atoms with Gasteiger partial charge in [0.05, 0.1) is 0 Å². The first kappa shape index (κ1) is 24.0. The number of halogens is 1. The standard InChI is InChI=1S/C19H33IOS2.C2H6/c1-23(2,3)15-13-19(21)11-8-18(9-12-19)17-6-4-16(5-7-17)10-14-22-20;1-2/h16-18,21H,4-12,14H2,1-3H3;1-2H3. The summed E-state index contributed by atoms with van der Waals surface area (Å²) >= 11 is 2.42. The Morgan fingerprint density at radius 2 is 1.52 bits per heavy atom. The van der Waals surface area contributed by atoms with Crippen molar-refractivity contribution in [1.82, 2.24) is 0 Å². The van der Waals surface area contributed by atoms with Crippen molar-refractivity contribution in [3.8, 4) is 11.2 Å². The third-order valence-corrected chi connectivity index (χ3v) is 8.03. The zero-order valence-corrected chi connectivity index (χ0v) is 20.7. The van der Waals surface area contributed by atoms with E-state index in [0.29, 0.717) is 0 Å². The minimum absolute atomic E-state index is 0.689. The number of hydrogen-bond donors (Lipinski definition) is 1. The topological polar surface area (TPSA) is 20.2 Å². The maximum absolute atomic E-state index is 10.7. The lowest BCUT2D eigenvalue weighted by molar-refractivity contribution is 0.0258. The second-order valence-corrected chi connectivity index (χ2v) is 14.7. The lowest BCUT2D eigenvalue weighted by Gasteiger charge is -2.39. The van der Waals surface area contributed by atoms with Crippen molar-refractivity contribution in [2.45, 2.75) is 77.2 Å². The van der Waals surface area contributed by atoms with Crippen LogP contribution in [0.3, 0.4) is 0 Å². The average molecular weight is 499 g/mol. The Hall–Kier alpha value is 0.950. The Kier molecular flexibility index (Phi) is 11.2. The zero-order valence-electron chi connectivity index (χ0n) is 16.9. The first-order valence-electron chi connectivity index (χ1n) is 9.99. The molecule has 0 aliphatic heterocycles. The summed E-state index contributed by atoms with van der Waals surface area (Å²) in [6.45, 7) is 4.00. The van der Waals surface area contributed by atoms with Gasteiger partial charge in [-0.1, -0.05) is 46.8 Å². The lowest BCUT2D eigenvalue weighted by Crippen LogP contribution is -2.35. The summed E-state index contributed by atoms with van der Waals surface area (Å²) in [5, 5.41) is 14.1. The molecule has 0 aromatic carbocycles. The van der Waals surface area contributed by atoms with Gasteiger partial charge in [0.15, 0.2) is 0 Å². The van der Waals surface area contributed by atoms with Crippen LogP contribution in [-0.2, 0) is 0 Å². The summed E-state index contributed by atoms with van der Waals surface area (Å²) in [6.07, 6.45) is 17.9. The number of rotatable bonds is 4. The van der Waals surface area contributed by atoms with Gasteiger partial charge in [-0.05, 0) is 103 Å². The van der Waals surface area contributed by atoms with Crippen LogP contribution in [0.2, 0.25) is 0 Å². The SMILES string of the molecule is CC.CS(C)(C)C#CC1(O)CCC(C2CCC(CCSI)CC2)CC1. The fraction of sp³-hybridized carbons (Fsp3) is 0.905. The third-order valence-electron chi connectivity index (χ3n) is 5.61.